The lowest BCUT2D eigenvalue weighted by atomic mass is 10.1. The van der Waals surface area contributed by atoms with Crippen LogP contribution in [-0.2, 0) is 13.6 Å². The molecule has 3 aromatic rings. The number of benzene rings is 1. The molecule has 3 N–H and O–H groups in total. The van der Waals surface area contributed by atoms with E-state index in [0.717, 1.165) is 22.8 Å². The van der Waals surface area contributed by atoms with Crippen molar-refractivity contribution in [3.63, 3.8) is 0 Å². The number of aromatic nitrogens is 4. The quantitative estimate of drug-likeness (QED) is 0.251. The van der Waals surface area contributed by atoms with Crippen molar-refractivity contribution in [2.75, 3.05) is 6.54 Å². The summed E-state index contributed by atoms with van der Waals surface area (Å²) in [6.45, 7) is 4.66. The van der Waals surface area contributed by atoms with E-state index < -0.39 is 6.10 Å². The Morgan fingerprint density at radius 1 is 1.10 bits per heavy atom. The van der Waals surface area contributed by atoms with Gasteiger partial charge in [0.05, 0.1) is 12.1 Å². The summed E-state index contributed by atoms with van der Waals surface area (Å²) in [7, 11) is 1.92. The van der Waals surface area contributed by atoms with Crippen LogP contribution in [0.3, 0.4) is 0 Å². The molecular weight excluding hydrogens is 493 g/mol. The second-order valence-corrected chi connectivity index (χ2v) is 6.84. The van der Waals surface area contributed by atoms with Crippen LogP contribution in [0.2, 0.25) is 0 Å². The highest BCUT2D eigenvalue weighted by Gasteiger charge is 2.12. The van der Waals surface area contributed by atoms with E-state index in [4.69, 9.17) is 0 Å². The largest absolute Gasteiger partial charge is 0.387 e. The van der Waals surface area contributed by atoms with Gasteiger partial charge < -0.3 is 20.3 Å². The van der Waals surface area contributed by atoms with Crippen molar-refractivity contribution >= 4 is 29.9 Å². The molecule has 0 aliphatic heterocycles. The number of rotatable bonds is 7. The van der Waals surface area contributed by atoms with E-state index in [0.29, 0.717) is 19.0 Å². The summed E-state index contributed by atoms with van der Waals surface area (Å²) >= 11 is 0. The zero-order valence-corrected chi connectivity index (χ0v) is 19.7. The molecule has 3 rings (SSSR count). The van der Waals surface area contributed by atoms with E-state index in [1.165, 1.54) is 0 Å². The minimum atomic E-state index is -0.672. The SMILES string of the molecule is Cc1nnc(CN=C(NCC(O)c2ccncc2)NC(C)c2ccccc2)n1C.I. The number of aliphatic imine (C=N–C) groups is 1. The van der Waals surface area contributed by atoms with Crippen molar-refractivity contribution in [1.29, 1.82) is 0 Å². The maximum Gasteiger partial charge on any atom is 0.192 e. The fourth-order valence-electron chi connectivity index (χ4n) is 2.82. The first-order chi connectivity index (χ1) is 14.0. The van der Waals surface area contributed by atoms with Crippen LogP contribution in [0.4, 0.5) is 0 Å². The highest BCUT2D eigenvalue weighted by Crippen LogP contribution is 2.12. The molecule has 0 aliphatic carbocycles. The van der Waals surface area contributed by atoms with E-state index in [1.54, 1.807) is 24.5 Å². The van der Waals surface area contributed by atoms with Crippen LogP contribution < -0.4 is 10.6 Å². The topological polar surface area (TPSA) is 100 Å². The summed E-state index contributed by atoms with van der Waals surface area (Å²) < 4.78 is 1.91. The van der Waals surface area contributed by atoms with Crippen molar-refractivity contribution in [3.05, 3.63) is 77.6 Å². The third-order valence-electron chi connectivity index (χ3n) is 4.77. The van der Waals surface area contributed by atoms with E-state index in [9.17, 15) is 5.11 Å². The van der Waals surface area contributed by atoms with Gasteiger partial charge in [-0.25, -0.2) is 4.99 Å². The Labute approximate surface area is 193 Å². The minimum absolute atomic E-state index is 0. The van der Waals surface area contributed by atoms with Crippen LogP contribution in [0, 0.1) is 6.92 Å². The number of aliphatic hydroxyl groups is 1. The summed E-state index contributed by atoms with van der Waals surface area (Å²) in [6.07, 6.45) is 2.66. The van der Waals surface area contributed by atoms with Gasteiger partial charge in [0.1, 0.15) is 12.4 Å². The van der Waals surface area contributed by atoms with Crippen LogP contribution in [0.15, 0.2) is 59.9 Å². The molecule has 0 bridgehead atoms. The molecule has 2 atom stereocenters. The molecule has 1 aromatic carbocycles. The third-order valence-corrected chi connectivity index (χ3v) is 4.77. The molecular formula is C21H28IN7O. The van der Waals surface area contributed by atoms with Crippen LogP contribution in [0.5, 0.6) is 0 Å². The number of hydrogen-bond acceptors (Lipinski definition) is 5. The smallest absolute Gasteiger partial charge is 0.192 e. The summed E-state index contributed by atoms with van der Waals surface area (Å²) in [6, 6.07) is 13.8. The first-order valence-electron chi connectivity index (χ1n) is 9.57. The van der Waals surface area contributed by atoms with E-state index in [1.807, 2.05) is 36.7 Å². The number of halogens is 1. The first kappa shape index (κ1) is 23.7. The number of guanidine groups is 1. The number of nitrogens with one attached hydrogen (secondary N) is 2. The van der Waals surface area contributed by atoms with Gasteiger partial charge in [0.2, 0.25) is 0 Å². The Bertz CT molecular complexity index is 931. The number of aryl methyl sites for hydroxylation is 1. The van der Waals surface area contributed by atoms with Gasteiger partial charge in [-0.15, -0.1) is 34.2 Å². The molecule has 8 nitrogen and oxygen atoms in total. The van der Waals surface area contributed by atoms with E-state index in [-0.39, 0.29) is 30.0 Å². The van der Waals surface area contributed by atoms with Crippen LogP contribution in [0.25, 0.3) is 0 Å². The van der Waals surface area contributed by atoms with Crippen LogP contribution in [-0.4, -0.2) is 37.4 Å². The highest BCUT2D eigenvalue weighted by molar-refractivity contribution is 14.0. The second kappa shape index (κ2) is 11.6. The molecule has 2 heterocycles. The summed E-state index contributed by atoms with van der Waals surface area (Å²) in [4.78, 5) is 8.63. The Hall–Kier alpha value is -2.53. The lowest BCUT2D eigenvalue weighted by Gasteiger charge is -2.20. The normalized spacial score (nSPS) is 13.3. The molecule has 2 aromatic heterocycles. The van der Waals surface area contributed by atoms with Crippen LogP contribution in [0.1, 0.15) is 41.8 Å². The zero-order valence-electron chi connectivity index (χ0n) is 17.4. The predicted octanol–water partition coefficient (Wildman–Crippen LogP) is 2.67. The Morgan fingerprint density at radius 3 is 2.43 bits per heavy atom. The molecule has 30 heavy (non-hydrogen) atoms. The Balaban J connectivity index is 0.00000320. The monoisotopic (exact) mass is 521 g/mol. The average Bonchev–Trinajstić information content (AvgIpc) is 3.08. The maximum absolute atomic E-state index is 10.5. The molecule has 0 aliphatic rings. The third kappa shape index (κ3) is 6.49. The lowest BCUT2D eigenvalue weighted by molar-refractivity contribution is 0.180. The predicted molar refractivity (Wildman–Crippen MR) is 127 cm³/mol. The van der Waals surface area contributed by atoms with Crippen molar-refractivity contribution < 1.29 is 5.11 Å². The standard InChI is InChI=1S/C21H27N7O.HI/c1-15(17-7-5-4-6-8-17)25-21(24-14-20-27-26-16(2)28(20)3)23-13-19(29)18-9-11-22-12-10-18;/h4-12,15,19,29H,13-14H2,1-3H3,(H2,23,24,25);1H. The summed E-state index contributed by atoms with van der Waals surface area (Å²) in [5.74, 6) is 2.20. The van der Waals surface area contributed by atoms with Gasteiger partial charge in [0.15, 0.2) is 11.8 Å². The molecule has 0 amide bonds. The van der Waals surface area contributed by atoms with Gasteiger partial charge in [-0.1, -0.05) is 30.3 Å². The molecule has 0 saturated heterocycles. The van der Waals surface area contributed by atoms with E-state index >= 15 is 0 Å². The van der Waals surface area contributed by atoms with Crippen molar-refractivity contribution in [2.24, 2.45) is 12.0 Å². The van der Waals surface area contributed by atoms with E-state index in [2.05, 4.69) is 49.9 Å². The number of pyridine rings is 1. The van der Waals surface area contributed by atoms with Gasteiger partial charge in [0, 0.05) is 26.0 Å². The van der Waals surface area contributed by atoms with Gasteiger partial charge in [-0.3, -0.25) is 4.98 Å². The summed E-state index contributed by atoms with van der Waals surface area (Å²) in [5.41, 5.74) is 1.94. The molecule has 0 spiro atoms. The molecule has 9 heteroatoms. The lowest BCUT2D eigenvalue weighted by Crippen LogP contribution is -2.40. The summed E-state index contributed by atoms with van der Waals surface area (Å²) in [5, 5.41) is 25.3. The molecule has 0 radical (unpaired) electrons. The number of hydrogen-bond donors (Lipinski definition) is 3. The maximum atomic E-state index is 10.5. The average molecular weight is 521 g/mol. The molecule has 160 valence electrons. The fraction of sp³-hybridized carbons (Fsp3) is 0.333. The van der Waals surface area contributed by atoms with Gasteiger partial charge in [-0.2, -0.15) is 0 Å². The second-order valence-electron chi connectivity index (χ2n) is 6.84. The highest BCUT2D eigenvalue weighted by atomic mass is 127. The zero-order chi connectivity index (χ0) is 20.6. The van der Waals surface area contributed by atoms with Gasteiger partial charge in [0.25, 0.3) is 0 Å². The number of nitrogens with zero attached hydrogens (tertiary/aromatic N) is 5. The van der Waals surface area contributed by atoms with Crippen molar-refractivity contribution in [2.45, 2.75) is 32.5 Å². The van der Waals surface area contributed by atoms with Gasteiger partial charge >= 0.3 is 0 Å². The molecule has 2 unspecified atom stereocenters. The van der Waals surface area contributed by atoms with Crippen LogP contribution >= 0.6 is 24.0 Å². The fourth-order valence-corrected chi connectivity index (χ4v) is 2.82. The first-order valence-corrected chi connectivity index (χ1v) is 9.57. The van der Waals surface area contributed by atoms with Crippen molar-refractivity contribution in [3.8, 4) is 0 Å². The molecule has 0 fully saturated rings. The van der Waals surface area contributed by atoms with Crippen molar-refractivity contribution in [1.82, 2.24) is 30.4 Å². The minimum Gasteiger partial charge on any atom is -0.387 e. The number of aliphatic hydroxyl groups excluding tert-OH is 1. The molecule has 0 saturated carbocycles. The Kier molecular flexibility index (Phi) is 9.18. The Morgan fingerprint density at radius 2 is 1.80 bits per heavy atom. The van der Waals surface area contributed by atoms with Gasteiger partial charge in [-0.05, 0) is 37.1 Å².